The standard InChI is InChI=1S/C12H20N2O3/c1-17-12(16)10-5-3-7-14(10)11(15)9-4-2-6-13-8-9/h9-10,13H,2-8H2,1H3/t9-,10?/m1/s1. The number of nitrogens with zero attached hydrogens (tertiary/aromatic N) is 1. The van der Waals surface area contributed by atoms with Crippen molar-refractivity contribution in [3.05, 3.63) is 0 Å². The van der Waals surface area contributed by atoms with E-state index >= 15 is 0 Å². The SMILES string of the molecule is COC(=O)C1CCCN1C(=O)[C@@H]1CCCNC1. The van der Waals surface area contributed by atoms with E-state index in [1.807, 2.05) is 0 Å². The number of esters is 1. The zero-order chi connectivity index (χ0) is 12.3. The van der Waals surface area contributed by atoms with E-state index in [2.05, 4.69) is 5.32 Å². The Hall–Kier alpha value is -1.10. The number of hydrogen-bond acceptors (Lipinski definition) is 4. The van der Waals surface area contributed by atoms with Crippen LogP contribution in [0.25, 0.3) is 0 Å². The van der Waals surface area contributed by atoms with Crippen LogP contribution in [0.5, 0.6) is 0 Å². The zero-order valence-electron chi connectivity index (χ0n) is 10.3. The molecule has 0 aliphatic carbocycles. The minimum absolute atomic E-state index is 0.0361. The number of hydrogen-bond donors (Lipinski definition) is 1. The van der Waals surface area contributed by atoms with Gasteiger partial charge in [0, 0.05) is 13.1 Å². The average molecular weight is 240 g/mol. The molecule has 1 amide bonds. The van der Waals surface area contributed by atoms with Gasteiger partial charge < -0.3 is 15.0 Å². The quantitative estimate of drug-likeness (QED) is 0.698. The summed E-state index contributed by atoms with van der Waals surface area (Å²) in [6.07, 6.45) is 3.59. The third-order valence-electron chi connectivity index (χ3n) is 3.66. The van der Waals surface area contributed by atoms with Gasteiger partial charge in [-0.25, -0.2) is 4.79 Å². The van der Waals surface area contributed by atoms with Crippen LogP contribution in [0.15, 0.2) is 0 Å². The van der Waals surface area contributed by atoms with E-state index in [-0.39, 0.29) is 23.8 Å². The van der Waals surface area contributed by atoms with Crippen LogP contribution >= 0.6 is 0 Å². The maximum Gasteiger partial charge on any atom is 0.328 e. The molecule has 2 rings (SSSR count). The highest BCUT2D eigenvalue weighted by atomic mass is 16.5. The fourth-order valence-corrected chi connectivity index (χ4v) is 2.71. The van der Waals surface area contributed by atoms with Gasteiger partial charge in [0.05, 0.1) is 13.0 Å². The molecule has 1 N–H and O–H groups in total. The Balaban J connectivity index is 1.99. The van der Waals surface area contributed by atoms with Crippen molar-refractivity contribution in [2.75, 3.05) is 26.7 Å². The van der Waals surface area contributed by atoms with Crippen LogP contribution < -0.4 is 5.32 Å². The molecule has 0 aromatic rings. The molecule has 2 saturated heterocycles. The monoisotopic (exact) mass is 240 g/mol. The molecule has 0 saturated carbocycles. The first-order valence-corrected chi connectivity index (χ1v) is 6.33. The lowest BCUT2D eigenvalue weighted by molar-refractivity contribution is -0.152. The van der Waals surface area contributed by atoms with Crippen molar-refractivity contribution < 1.29 is 14.3 Å². The molecule has 2 atom stereocenters. The van der Waals surface area contributed by atoms with Crippen LogP contribution in [0.4, 0.5) is 0 Å². The van der Waals surface area contributed by atoms with Crippen LogP contribution in [0, 0.1) is 5.92 Å². The van der Waals surface area contributed by atoms with E-state index in [1.165, 1.54) is 7.11 Å². The Bertz CT molecular complexity index is 300. The van der Waals surface area contributed by atoms with Crippen LogP contribution in [0.1, 0.15) is 25.7 Å². The second kappa shape index (κ2) is 5.49. The fraction of sp³-hybridized carbons (Fsp3) is 0.833. The second-order valence-corrected chi connectivity index (χ2v) is 4.76. The number of methoxy groups -OCH3 is 1. The fourth-order valence-electron chi connectivity index (χ4n) is 2.71. The van der Waals surface area contributed by atoms with Crippen LogP contribution in [-0.4, -0.2) is 49.6 Å². The summed E-state index contributed by atoms with van der Waals surface area (Å²) in [4.78, 5) is 25.6. The molecule has 2 aliphatic rings. The van der Waals surface area contributed by atoms with Gasteiger partial charge in [0.25, 0.3) is 0 Å². The molecule has 2 aliphatic heterocycles. The summed E-state index contributed by atoms with van der Waals surface area (Å²) in [5.74, 6) is -0.126. The average Bonchev–Trinajstić information content (AvgIpc) is 2.87. The second-order valence-electron chi connectivity index (χ2n) is 4.76. The predicted molar refractivity (Wildman–Crippen MR) is 62.3 cm³/mol. The van der Waals surface area contributed by atoms with Gasteiger partial charge in [-0.15, -0.1) is 0 Å². The first kappa shape index (κ1) is 12.4. The Morgan fingerprint density at radius 2 is 2.12 bits per heavy atom. The smallest absolute Gasteiger partial charge is 0.328 e. The number of piperidine rings is 1. The predicted octanol–water partition coefficient (Wildman–Crippen LogP) is 0.150. The molecule has 0 bridgehead atoms. The summed E-state index contributed by atoms with van der Waals surface area (Å²) < 4.78 is 4.75. The summed E-state index contributed by atoms with van der Waals surface area (Å²) in [7, 11) is 1.38. The topological polar surface area (TPSA) is 58.6 Å². The van der Waals surface area contributed by atoms with Crippen molar-refractivity contribution in [2.24, 2.45) is 5.92 Å². The number of carbonyl (C=O) groups excluding carboxylic acids is 2. The van der Waals surface area contributed by atoms with Crippen molar-refractivity contribution in [1.82, 2.24) is 10.2 Å². The molecular weight excluding hydrogens is 220 g/mol. The molecule has 96 valence electrons. The third kappa shape index (κ3) is 2.60. The molecule has 5 heteroatoms. The van der Waals surface area contributed by atoms with Crippen molar-refractivity contribution >= 4 is 11.9 Å². The Morgan fingerprint density at radius 3 is 2.76 bits per heavy atom. The molecule has 0 aromatic carbocycles. The van der Waals surface area contributed by atoms with Crippen LogP contribution in [-0.2, 0) is 14.3 Å². The van der Waals surface area contributed by atoms with Gasteiger partial charge in [-0.2, -0.15) is 0 Å². The van der Waals surface area contributed by atoms with E-state index < -0.39 is 0 Å². The van der Waals surface area contributed by atoms with E-state index in [0.717, 1.165) is 38.8 Å². The zero-order valence-corrected chi connectivity index (χ0v) is 10.3. The van der Waals surface area contributed by atoms with Gasteiger partial charge >= 0.3 is 5.97 Å². The number of carbonyl (C=O) groups is 2. The summed E-state index contributed by atoms with van der Waals surface area (Å²) >= 11 is 0. The number of ether oxygens (including phenoxy) is 1. The van der Waals surface area contributed by atoms with E-state index in [1.54, 1.807) is 4.90 Å². The van der Waals surface area contributed by atoms with Gasteiger partial charge in [-0.3, -0.25) is 4.79 Å². The highest BCUT2D eigenvalue weighted by Gasteiger charge is 2.37. The lowest BCUT2D eigenvalue weighted by Crippen LogP contribution is -2.47. The lowest BCUT2D eigenvalue weighted by atomic mass is 9.98. The van der Waals surface area contributed by atoms with E-state index in [9.17, 15) is 9.59 Å². The molecule has 1 unspecified atom stereocenters. The van der Waals surface area contributed by atoms with E-state index in [4.69, 9.17) is 4.74 Å². The van der Waals surface area contributed by atoms with Crippen molar-refractivity contribution in [3.63, 3.8) is 0 Å². The maximum absolute atomic E-state index is 12.3. The van der Waals surface area contributed by atoms with E-state index in [0.29, 0.717) is 6.54 Å². The molecule has 0 radical (unpaired) electrons. The van der Waals surface area contributed by atoms with Crippen molar-refractivity contribution in [1.29, 1.82) is 0 Å². The molecule has 5 nitrogen and oxygen atoms in total. The van der Waals surface area contributed by atoms with Gasteiger partial charge in [0.2, 0.25) is 5.91 Å². The molecule has 17 heavy (non-hydrogen) atoms. The third-order valence-corrected chi connectivity index (χ3v) is 3.66. The number of likely N-dealkylation sites (tertiary alicyclic amines) is 1. The van der Waals surface area contributed by atoms with Gasteiger partial charge in [0.15, 0.2) is 0 Å². The van der Waals surface area contributed by atoms with Crippen LogP contribution in [0.2, 0.25) is 0 Å². The van der Waals surface area contributed by atoms with Gasteiger partial charge in [0.1, 0.15) is 6.04 Å². The molecule has 2 fully saturated rings. The molecule has 2 heterocycles. The highest BCUT2D eigenvalue weighted by molar-refractivity contribution is 5.86. The minimum atomic E-state index is -0.352. The number of rotatable bonds is 2. The highest BCUT2D eigenvalue weighted by Crippen LogP contribution is 2.23. The van der Waals surface area contributed by atoms with Crippen molar-refractivity contribution in [3.8, 4) is 0 Å². The first-order valence-electron chi connectivity index (χ1n) is 6.33. The molecule has 0 aromatic heterocycles. The Morgan fingerprint density at radius 1 is 1.29 bits per heavy atom. The van der Waals surface area contributed by atoms with Crippen molar-refractivity contribution in [2.45, 2.75) is 31.7 Å². The largest absolute Gasteiger partial charge is 0.467 e. The molecular formula is C12H20N2O3. The normalized spacial score (nSPS) is 29.1. The summed E-state index contributed by atoms with van der Waals surface area (Å²) in [6, 6.07) is -0.352. The summed E-state index contributed by atoms with van der Waals surface area (Å²) in [6.45, 7) is 2.42. The Kier molecular flexibility index (Phi) is 3.99. The van der Waals surface area contributed by atoms with Crippen LogP contribution in [0.3, 0.4) is 0 Å². The summed E-state index contributed by atoms with van der Waals surface area (Å²) in [5, 5.41) is 3.23. The van der Waals surface area contributed by atoms with Gasteiger partial charge in [-0.05, 0) is 32.2 Å². The molecule has 0 spiro atoms. The number of amides is 1. The Labute approximate surface area is 101 Å². The number of nitrogens with one attached hydrogen (secondary N) is 1. The maximum atomic E-state index is 12.3. The minimum Gasteiger partial charge on any atom is -0.467 e. The first-order chi connectivity index (χ1) is 8.24. The lowest BCUT2D eigenvalue weighted by Gasteiger charge is -2.29. The van der Waals surface area contributed by atoms with Gasteiger partial charge in [-0.1, -0.05) is 0 Å². The summed E-state index contributed by atoms with van der Waals surface area (Å²) in [5.41, 5.74) is 0.